The second-order valence-electron chi connectivity index (χ2n) is 4.02. The Bertz CT molecular complexity index is 734. The standard InChI is InChI=1S/C13H13NO5S2/c1-2-19-11-5-3-10(4-6-11)14-21(17,18)12-7-9(8-20-12)13(15)16/h3-8,14H,2H2,1H3,(H,15,16). The summed E-state index contributed by atoms with van der Waals surface area (Å²) >= 11 is 0.859. The van der Waals surface area contributed by atoms with E-state index in [1.165, 1.54) is 5.38 Å². The minimum Gasteiger partial charge on any atom is -0.494 e. The summed E-state index contributed by atoms with van der Waals surface area (Å²) in [6.45, 7) is 2.38. The van der Waals surface area contributed by atoms with Crippen molar-refractivity contribution in [1.29, 1.82) is 0 Å². The van der Waals surface area contributed by atoms with Crippen LogP contribution in [0.15, 0.2) is 39.9 Å². The summed E-state index contributed by atoms with van der Waals surface area (Å²) in [5.41, 5.74) is 0.329. The first-order chi connectivity index (χ1) is 9.92. The van der Waals surface area contributed by atoms with Crippen molar-refractivity contribution in [3.05, 3.63) is 41.3 Å². The molecule has 0 bridgehead atoms. The summed E-state index contributed by atoms with van der Waals surface area (Å²) in [4.78, 5) is 10.8. The van der Waals surface area contributed by atoms with E-state index in [0.29, 0.717) is 18.0 Å². The molecule has 0 atom stereocenters. The number of nitrogens with one attached hydrogen (secondary N) is 1. The van der Waals surface area contributed by atoms with Crippen LogP contribution in [0.2, 0.25) is 0 Å². The molecule has 0 aliphatic heterocycles. The van der Waals surface area contributed by atoms with Crippen LogP contribution >= 0.6 is 11.3 Å². The van der Waals surface area contributed by atoms with E-state index in [0.717, 1.165) is 17.4 Å². The third-order valence-electron chi connectivity index (χ3n) is 2.50. The average Bonchev–Trinajstić information content (AvgIpc) is 2.92. The zero-order valence-electron chi connectivity index (χ0n) is 11.1. The van der Waals surface area contributed by atoms with Crippen molar-refractivity contribution >= 4 is 33.0 Å². The van der Waals surface area contributed by atoms with E-state index in [1.807, 2.05) is 6.92 Å². The average molecular weight is 327 g/mol. The van der Waals surface area contributed by atoms with Crippen LogP contribution in [0.1, 0.15) is 17.3 Å². The maximum atomic E-state index is 12.1. The molecule has 0 saturated carbocycles. The number of carbonyl (C=O) groups is 1. The zero-order valence-corrected chi connectivity index (χ0v) is 12.7. The highest BCUT2D eigenvalue weighted by Crippen LogP contribution is 2.24. The molecule has 6 nitrogen and oxygen atoms in total. The minimum absolute atomic E-state index is 0.0474. The first-order valence-corrected chi connectivity index (χ1v) is 8.36. The van der Waals surface area contributed by atoms with Gasteiger partial charge in [0.25, 0.3) is 10.0 Å². The molecule has 0 unspecified atom stereocenters. The fraction of sp³-hybridized carbons (Fsp3) is 0.154. The SMILES string of the molecule is CCOc1ccc(NS(=O)(=O)c2cc(C(=O)O)cs2)cc1. The molecule has 0 radical (unpaired) electrons. The Balaban J connectivity index is 2.18. The lowest BCUT2D eigenvalue weighted by molar-refractivity contribution is 0.0697. The number of carboxylic acids is 1. The van der Waals surface area contributed by atoms with Gasteiger partial charge < -0.3 is 9.84 Å². The number of benzene rings is 1. The van der Waals surface area contributed by atoms with Gasteiger partial charge in [0.15, 0.2) is 0 Å². The molecule has 1 aromatic carbocycles. The number of ether oxygens (including phenoxy) is 1. The van der Waals surface area contributed by atoms with Crippen LogP contribution in [-0.4, -0.2) is 26.1 Å². The number of rotatable bonds is 6. The minimum atomic E-state index is -3.79. The van der Waals surface area contributed by atoms with Gasteiger partial charge in [0, 0.05) is 11.1 Å². The predicted molar refractivity (Wildman–Crippen MR) is 79.7 cm³/mol. The van der Waals surface area contributed by atoms with Crippen molar-refractivity contribution < 1.29 is 23.1 Å². The first-order valence-electron chi connectivity index (χ1n) is 6.00. The molecule has 2 aromatic rings. The van der Waals surface area contributed by atoms with Crippen LogP contribution in [-0.2, 0) is 10.0 Å². The van der Waals surface area contributed by atoms with Crippen LogP contribution in [0.25, 0.3) is 0 Å². The molecule has 0 aliphatic carbocycles. The number of aromatic carboxylic acids is 1. The van der Waals surface area contributed by atoms with Crippen molar-refractivity contribution in [2.24, 2.45) is 0 Å². The van der Waals surface area contributed by atoms with Crippen LogP contribution < -0.4 is 9.46 Å². The van der Waals surface area contributed by atoms with Crippen molar-refractivity contribution in [3.63, 3.8) is 0 Å². The fourth-order valence-electron chi connectivity index (χ4n) is 1.56. The molecule has 0 spiro atoms. The normalized spacial score (nSPS) is 11.1. The number of thiophene rings is 1. The van der Waals surface area contributed by atoms with Gasteiger partial charge in [-0.25, -0.2) is 13.2 Å². The van der Waals surface area contributed by atoms with Crippen molar-refractivity contribution in [2.45, 2.75) is 11.1 Å². The molecule has 1 aromatic heterocycles. The lowest BCUT2D eigenvalue weighted by Crippen LogP contribution is -2.11. The Hall–Kier alpha value is -2.06. The molecule has 8 heteroatoms. The number of hydrogen-bond acceptors (Lipinski definition) is 5. The first kappa shape index (κ1) is 15.3. The van der Waals surface area contributed by atoms with Gasteiger partial charge in [-0.2, -0.15) is 0 Å². The summed E-state index contributed by atoms with van der Waals surface area (Å²) in [5.74, 6) is -0.515. The topological polar surface area (TPSA) is 92.7 Å². The molecular formula is C13H13NO5S2. The van der Waals surface area contributed by atoms with Gasteiger partial charge in [-0.1, -0.05) is 0 Å². The highest BCUT2D eigenvalue weighted by Gasteiger charge is 2.19. The summed E-state index contributed by atoms with van der Waals surface area (Å²) in [7, 11) is -3.79. The lowest BCUT2D eigenvalue weighted by atomic mass is 10.3. The Labute approximate surface area is 126 Å². The lowest BCUT2D eigenvalue weighted by Gasteiger charge is -2.07. The largest absolute Gasteiger partial charge is 0.494 e. The van der Waals surface area contributed by atoms with E-state index in [-0.39, 0.29) is 9.77 Å². The van der Waals surface area contributed by atoms with E-state index in [2.05, 4.69) is 4.72 Å². The van der Waals surface area contributed by atoms with E-state index in [9.17, 15) is 13.2 Å². The van der Waals surface area contributed by atoms with Crippen molar-refractivity contribution in [2.75, 3.05) is 11.3 Å². The summed E-state index contributed by atoms with van der Waals surface area (Å²) in [6.07, 6.45) is 0. The third-order valence-corrected chi connectivity index (χ3v) is 5.33. The van der Waals surface area contributed by atoms with Gasteiger partial charge in [0.1, 0.15) is 9.96 Å². The molecule has 2 N–H and O–H groups in total. The molecule has 0 saturated heterocycles. The van der Waals surface area contributed by atoms with Gasteiger partial charge >= 0.3 is 5.97 Å². The maximum Gasteiger partial charge on any atom is 0.336 e. The molecule has 0 fully saturated rings. The maximum absolute atomic E-state index is 12.1. The van der Waals surface area contributed by atoms with Gasteiger partial charge in [-0.05, 0) is 37.3 Å². The Morgan fingerprint density at radius 1 is 1.33 bits per heavy atom. The Kier molecular flexibility index (Phi) is 4.49. The second-order valence-corrected chi connectivity index (χ2v) is 6.84. The molecule has 1 heterocycles. The zero-order chi connectivity index (χ0) is 15.5. The predicted octanol–water partition coefficient (Wildman–Crippen LogP) is 2.65. The number of carboxylic acid groups (broad SMARTS) is 1. The van der Waals surface area contributed by atoms with Crippen molar-refractivity contribution in [3.8, 4) is 5.75 Å². The molecular weight excluding hydrogens is 314 g/mol. The highest BCUT2D eigenvalue weighted by atomic mass is 32.2. The smallest absolute Gasteiger partial charge is 0.336 e. The Morgan fingerprint density at radius 2 is 2.00 bits per heavy atom. The molecule has 0 amide bonds. The van der Waals surface area contributed by atoms with E-state index >= 15 is 0 Å². The third kappa shape index (κ3) is 3.73. The van der Waals surface area contributed by atoms with Gasteiger partial charge in [-0.3, -0.25) is 4.72 Å². The van der Waals surface area contributed by atoms with Crippen LogP contribution in [0.3, 0.4) is 0 Å². The van der Waals surface area contributed by atoms with Gasteiger partial charge in [0.2, 0.25) is 0 Å². The number of anilines is 1. The van der Waals surface area contributed by atoms with E-state index in [1.54, 1.807) is 24.3 Å². The molecule has 21 heavy (non-hydrogen) atoms. The number of sulfonamides is 1. The van der Waals surface area contributed by atoms with Gasteiger partial charge in [0.05, 0.1) is 12.2 Å². The monoisotopic (exact) mass is 327 g/mol. The second kappa shape index (κ2) is 6.15. The quantitative estimate of drug-likeness (QED) is 0.851. The van der Waals surface area contributed by atoms with Crippen LogP contribution in [0.4, 0.5) is 5.69 Å². The highest BCUT2D eigenvalue weighted by molar-refractivity contribution is 7.94. The van der Waals surface area contributed by atoms with Crippen LogP contribution in [0.5, 0.6) is 5.75 Å². The number of hydrogen-bond donors (Lipinski definition) is 2. The van der Waals surface area contributed by atoms with Gasteiger partial charge in [-0.15, -0.1) is 11.3 Å². The van der Waals surface area contributed by atoms with E-state index in [4.69, 9.17) is 9.84 Å². The molecule has 0 aliphatic rings. The molecule has 112 valence electrons. The van der Waals surface area contributed by atoms with E-state index < -0.39 is 16.0 Å². The summed E-state index contributed by atoms with van der Waals surface area (Å²) in [6, 6.07) is 7.59. The van der Waals surface area contributed by atoms with Crippen LogP contribution in [0, 0.1) is 0 Å². The summed E-state index contributed by atoms with van der Waals surface area (Å²) in [5, 5.41) is 10.1. The molecule has 2 rings (SSSR count). The fourth-order valence-corrected chi connectivity index (χ4v) is 3.77. The Morgan fingerprint density at radius 3 is 2.52 bits per heavy atom. The summed E-state index contributed by atoms with van der Waals surface area (Å²) < 4.78 is 31.9. The van der Waals surface area contributed by atoms with Crippen molar-refractivity contribution in [1.82, 2.24) is 0 Å².